The summed E-state index contributed by atoms with van der Waals surface area (Å²) in [4.78, 5) is 30.4. The van der Waals surface area contributed by atoms with Crippen molar-refractivity contribution in [3.8, 4) is 11.4 Å². The first kappa shape index (κ1) is 17.8. The van der Waals surface area contributed by atoms with Crippen LogP contribution in [0.5, 0.6) is 5.75 Å². The number of hydrogen-bond acceptors (Lipinski definition) is 4. The van der Waals surface area contributed by atoms with Gasteiger partial charge in [-0.05, 0) is 26.0 Å². The number of para-hydroxylation sites is 2. The van der Waals surface area contributed by atoms with Gasteiger partial charge >= 0.3 is 5.69 Å². The Bertz CT molecular complexity index is 1350. The molecular formula is C20H21N5O3. The van der Waals surface area contributed by atoms with Crippen molar-refractivity contribution in [3.63, 3.8) is 0 Å². The summed E-state index contributed by atoms with van der Waals surface area (Å²) in [6.07, 6.45) is 5.44. The standard InChI is InChI=1S/C20H21N5O3/c1-5-6-11-23-18(26)16-17(22(3)20(23)27)21-19-24(16)12-13(2)25(19)14-9-7-8-10-15(14)28-4/h5-10,12H,11H2,1-4H3/b6-5+. The number of nitrogens with zero attached hydrogens (tertiary/aromatic N) is 5. The average Bonchev–Trinajstić information content (AvgIpc) is 3.20. The number of imidazole rings is 2. The van der Waals surface area contributed by atoms with E-state index in [0.29, 0.717) is 22.7 Å². The second kappa shape index (κ2) is 6.56. The fourth-order valence-electron chi connectivity index (χ4n) is 3.49. The Morgan fingerprint density at radius 2 is 1.96 bits per heavy atom. The molecule has 0 bridgehead atoms. The van der Waals surface area contributed by atoms with Crippen molar-refractivity contribution < 1.29 is 4.74 Å². The monoisotopic (exact) mass is 379 g/mol. The molecule has 0 fully saturated rings. The number of rotatable bonds is 4. The van der Waals surface area contributed by atoms with Crippen LogP contribution in [0.15, 0.2) is 52.2 Å². The number of methoxy groups -OCH3 is 1. The van der Waals surface area contributed by atoms with Crippen LogP contribution in [0.25, 0.3) is 22.6 Å². The molecule has 0 saturated carbocycles. The van der Waals surface area contributed by atoms with E-state index in [0.717, 1.165) is 11.4 Å². The van der Waals surface area contributed by atoms with Crippen LogP contribution >= 0.6 is 0 Å². The highest BCUT2D eigenvalue weighted by molar-refractivity contribution is 5.76. The van der Waals surface area contributed by atoms with Crippen LogP contribution in [0.2, 0.25) is 0 Å². The van der Waals surface area contributed by atoms with E-state index in [-0.39, 0.29) is 12.1 Å². The third kappa shape index (κ3) is 2.41. The lowest BCUT2D eigenvalue weighted by Gasteiger charge is -2.10. The molecule has 1 aromatic carbocycles. The van der Waals surface area contributed by atoms with Crippen molar-refractivity contribution in [1.29, 1.82) is 0 Å². The Kier molecular flexibility index (Phi) is 4.18. The van der Waals surface area contributed by atoms with Crippen molar-refractivity contribution in [2.45, 2.75) is 20.4 Å². The number of aromatic nitrogens is 5. The fourth-order valence-corrected chi connectivity index (χ4v) is 3.49. The van der Waals surface area contributed by atoms with Crippen LogP contribution in [-0.2, 0) is 13.6 Å². The Morgan fingerprint density at radius 1 is 1.21 bits per heavy atom. The zero-order valence-electron chi connectivity index (χ0n) is 16.2. The third-order valence-electron chi connectivity index (χ3n) is 4.88. The first-order valence-corrected chi connectivity index (χ1v) is 8.94. The Balaban J connectivity index is 2.13. The number of fused-ring (bicyclic) bond motifs is 3. The molecular weight excluding hydrogens is 358 g/mol. The number of hydrogen-bond donors (Lipinski definition) is 0. The summed E-state index contributed by atoms with van der Waals surface area (Å²) in [6, 6.07) is 7.60. The summed E-state index contributed by atoms with van der Waals surface area (Å²) in [5, 5.41) is 0. The fraction of sp³-hybridized carbons (Fsp3) is 0.250. The van der Waals surface area contributed by atoms with Gasteiger partial charge in [0.05, 0.1) is 12.8 Å². The second-order valence-corrected chi connectivity index (χ2v) is 6.56. The van der Waals surface area contributed by atoms with Crippen LogP contribution in [0, 0.1) is 6.92 Å². The molecule has 0 aliphatic heterocycles. The van der Waals surface area contributed by atoms with E-state index in [4.69, 9.17) is 4.74 Å². The highest BCUT2D eigenvalue weighted by Gasteiger charge is 2.21. The number of benzene rings is 1. The molecule has 8 heteroatoms. The quantitative estimate of drug-likeness (QED) is 0.509. The first-order chi connectivity index (χ1) is 13.5. The molecule has 0 aliphatic carbocycles. The van der Waals surface area contributed by atoms with Gasteiger partial charge in [0.15, 0.2) is 11.2 Å². The normalized spacial score (nSPS) is 11.9. The highest BCUT2D eigenvalue weighted by atomic mass is 16.5. The summed E-state index contributed by atoms with van der Waals surface area (Å²) >= 11 is 0. The van der Waals surface area contributed by atoms with Crippen LogP contribution < -0.4 is 16.0 Å². The molecule has 4 rings (SSSR count). The predicted octanol–water partition coefficient (Wildman–Crippen LogP) is 2.03. The summed E-state index contributed by atoms with van der Waals surface area (Å²) in [5.41, 5.74) is 1.68. The molecule has 8 nitrogen and oxygen atoms in total. The van der Waals surface area contributed by atoms with Crippen molar-refractivity contribution >= 4 is 16.9 Å². The lowest BCUT2D eigenvalue weighted by molar-refractivity contribution is 0.413. The van der Waals surface area contributed by atoms with Gasteiger partial charge in [-0.3, -0.25) is 22.9 Å². The molecule has 0 spiro atoms. The molecule has 0 N–H and O–H groups in total. The van der Waals surface area contributed by atoms with E-state index < -0.39 is 5.69 Å². The Labute approximate surface area is 160 Å². The van der Waals surface area contributed by atoms with Gasteiger partial charge in [0.25, 0.3) is 5.56 Å². The lowest BCUT2D eigenvalue weighted by atomic mass is 10.3. The first-order valence-electron chi connectivity index (χ1n) is 8.94. The summed E-state index contributed by atoms with van der Waals surface area (Å²) < 4.78 is 11.8. The van der Waals surface area contributed by atoms with Gasteiger partial charge in [-0.25, -0.2) is 4.79 Å². The van der Waals surface area contributed by atoms with E-state index in [2.05, 4.69) is 4.98 Å². The lowest BCUT2D eigenvalue weighted by Crippen LogP contribution is -2.39. The van der Waals surface area contributed by atoms with Crippen LogP contribution in [0.3, 0.4) is 0 Å². The zero-order valence-corrected chi connectivity index (χ0v) is 16.2. The molecule has 0 aliphatic rings. The maximum atomic E-state index is 13.1. The summed E-state index contributed by atoms with van der Waals surface area (Å²) in [7, 11) is 3.24. The van der Waals surface area contributed by atoms with Gasteiger partial charge < -0.3 is 4.74 Å². The number of aryl methyl sites for hydroxylation is 2. The largest absolute Gasteiger partial charge is 0.495 e. The molecule has 0 radical (unpaired) electrons. The van der Waals surface area contributed by atoms with Gasteiger partial charge in [0.2, 0.25) is 5.78 Å². The zero-order chi connectivity index (χ0) is 20.0. The van der Waals surface area contributed by atoms with Crippen molar-refractivity contribution in [1.82, 2.24) is 23.1 Å². The molecule has 3 aromatic heterocycles. The highest BCUT2D eigenvalue weighted by Crippen LogP contribution is 2.27. The molecule has 0 amide bonds. The average molecular weight is 379 g/mol. The third-order valence-corrected chi connectivity index (χ3v) is 4.88. The Morgan fingerprint density at radius 3 is 2.68 bits per heavy atom. The van der Waals surface area contributed by atoms with Gasteiger partial charge in [0, 0.05) is 25.5 Å². The molecule has 4 aromatic rings. The van der Waals surface area contributed by atoms with Gasteiger partial charge in [-0.2, -0.15) is 4.98 Å². The molecule has 144 valence electrons. The predicted molar refractivity (Wildman–Crippen MR) is 108 cm³/mol. The van der Waals surface area contributed by atoms with Gasteiger partial charge in [0.1, 0.15) is 5.75 Å². The molecule has 28 heavy (non-hydrogen) atoms. The molecule has 0 unspecified atom stereocenters. The maximum Gasteiger partial charge on any atom is 0.332 e. The minimum Gasteiger partial charge on any atom is -0.495 e. The molecule has 3 heterocycles. The van der Waals surface area contributed by atoms with E-state index in [9.17, 15) is 9.59 Å². The molecule has 0 atom stereocenters. The van der Waals surface area contributed by atoms with Crippen molar-refractivity contribution in [2.75, 3.05) is 7.11 Å². The van der Waals surface area contributed by atoms with E-state index in [1.165, 1.54) is 9.13 Å². The van der Waals surface area contributed by atoms with E-state index >= 15 is 0 Å². The van der Waals surface area contributed by atoms with Crippen LogP contribution in [0.1, 0.15) is 12.6 Å². The second-order valence-electron chi connectivity index (χ2n) is 6.56. The van der Waals surface area contributed by atoms with Crippen molar-refractivity contribution in [3.05, 3.63) is 69.1 Å². The topological polar surface area (TPSA) is 75.5 Å². The van der Waals surface area contributed by atoms with Gasteiger partial charge in [-0.15, -0.1) is 0 Å². The van der Waals surface area contributed by atoms with Crippen LogP contribution in [-0.4, -0.2) is 30.2 Å². The SMILES string of the molecule is C/C=C/Cn1c(=O)c2c(nc3n(-c4ccccc4OC)c(C)cn23)n(C)c1=O. The maximum absolute atomic E-state index is 13.1. The summed E-state index contributed by atoms with van der Waals surface area (Å²) in [5.74, 6) is 1.24. The van der Waals surface area contributed by atoms with Crippen LogP contribution in [0.4, 0.5) is 0 Å². The number of ether oxygens (including phenoxy) is 1. The van der Waals surface area contributed by atoms with E-state index in [1.54, 1.807) is 24.6 Å². The van der Waals surface area contributed by atoms with Gasteiger partial charge in [-0.1, -0.05) is 24.3 Å². The minimum absolute atomic E-state index is 0.220. The minimum atomic E-state index is -0.392. The smallest absolute Gasteiger partial charge is 0.332 e. The number of allylic oxidation sites excluding steroid dienone is 2. The molecule has 0 saturated heterocycles. The summed E-state index contributed by atoms with van der Waals surface area (Å²) in [6.45, 7) is 4.01. The van der Waals surface area contributed by atoms with Crippen molar-refractivity contribution in [2.24, 2.45) is 7.05 Å². The van der Waals surface area contributed by atoms with E-state index in [1.807, 2.05) is 55.0 Å². The Hall–Kier alpha value is -3.55.